The molecule has 7 heterocycles. The normalized spacial score (nSPS) is 28.0. The van der Waals surface area contributed by atoms with Crippen LogP contribution in [-0.4, -0.2) is 102 Å². The molecule has 3 aliphatic heterocycles. The van der Waals surface area contributed by atoms with Gasteiger partial charge in [0.25, 0.3) is 0 Å². The molecule has 254 valence electrons. The van der Waals surface area contributed by atoms with Gasteiger partial charge < -0.3 is 9.64 Å². The number of amides is 2. The number of likely N-dealkylation sites (tertiary alicyclic amines) is 1. The van der Waals surface area contributed by atoms with Crippen molar-refractivity contribution in [1.29, 1.82) is 0 Å². The lowest BCUT2D eigenvalue weighted by Crippen LogP contribution is -2.66. The van der Waals surface area contributed by atoms with E-state index in [1.54, 1.807) is 17.2 Å². The Kier molecular flexibility index (Phi) is 6.78. The summed E-state index contributed by atoms with van der Waals surface area (Å²) in [5, 5.41) is 12.1. The highest BCUT2D eigenvalue weighted by molar-refractivity contribution is 6.01. The van der Waals surface area contributed by atoms with Gasteiger partial charge in [-0.15, -0.1) is 0 Å². The first-order valence-corrected chi connectivity index (χ1v) is 17.5. The van der Waals surface area contributed by atoms with Gasteiger partial charge in [-0.3, -0.25) is 29.2 Å². The van der Waals surface area contributed by atoms with Crippen LogP contribution in [0.4, 0.5) is 5.82 Å². The minimum atomic E-state index is -0.482. The van der Waals surface area contributed by atoms with Gasteiger partial charge in [0.05, 0.1) is 23.6 Å². The van der Waals surface area contributed by atoms with Crippen LogP contribution in [0.15, 0.2) is 48.4 Å². The molecule has 5 fully saturated rings. The van der Waals surface area contributed by atoms with Crippen molar-refractivity contribution in [3.63, 3.8) is 0 Å². The number of H-pyrrole nitrogens is 1. The molecule has 1 spiro atoms. The van der Waals surface area contributed by atoms with E-state index < -0.39 is 5.41 Å². The lowest BCUT2D eigenvalue weighted by molar-refractivity contribution is -0.134. The van der Waals surface area contributed by atoms with Crippen LogP contribution in [0.1, 0.15) is 58.2 Å². The smallest absolute Gasteiger partial charge is 0.237 e. The first-order valence-electron chi connectivity index (χ1n) is 17.5. The van der Waals surface area contributed by atoms with E-state index >= 15 is 0 Å². The predicted octanol–water partition coefficient (Wildman–Crippen LogP) is 3.65. The van der Waals surface area contributed by atoms with Crippen LogP contribution < -0.4 is 9.64 Å². The van der Waals surface area contributed by atoms with E-state index in [2.05, 4.69) is 36.2 Å². The zero-order valence-corrected chi connectivity index (χ0v) is 28.4. The third kappa shape index (κ3) is 4.87. The maximum absolute atomic E-state index is 14.0. The standard InChI is InChI=1S/C36H42N10O3/c1-23(2)49-28-7-4-24(16-37-28)30-31-26(40-41-30)5-6-27(39-31)46-15-11-34(33(46)48)10-14-44(21-34)17-29(47)45-12-8-25(9-13-45)35-18-36(19-35,20-35)32-38-22-43(3)42-32/h4-8,16,22-23H,9-15,17-21H2,1-3H3,(H,40,41)/t34-,35?,36?/m0/s1. The Bertz CT molecular complexity index is 1980. The van der Waals surface area contributed by atoms with Crippen LogP contribution in [0.5, 0.6) is 5.88 Å². The number of rotatable bonds is 8. The van der Waals surface area contributed by atoms with Crippen LogP contribution in [0, 0.1) is 10.8 Å². The number of hydrogen-bond acceptors (Lipinski definition) is 9. The number of nitrogens with one attached hydrogen (secondary N) is 1. The zero-order chi connectivity index (χ0) is 33.5. The number of carbonyl (C=O) groups is 2. The molecular weight excluding hydrogens is 620 g/mol. The minimum absolute atomic E-state index is 0.0379. The molecule has 13 nitrogen and oxygen atoms in total. The van der Waals surface area contributed by atoms with Gasteiger partial charge in [0.1, 0.15) is 23.4 Å². The number of nitrogens with zero attached hydrogens (tertiary/aromatic N) is 9. The van der Waals surface area contributed by atoms with Gasteiger partial charge in [0.2, 0.25) is 17.7 Å². The Balaban J connectivity index is 0.819. The number of ether oxygens (including phenoxy) is 1. The van der Waals surface area contributed by atoms with Crippen molar-refractivity contribution in [2.75, 3.05) is 44.2 Å². The Hall–Kier alpha value is -4.65. The van der Waals surface area contributed by atoms with Gasteiger partial charge in [-0.2, -0.15) is 10.2 Å². The molecule has 10 rings (SSSR count). The maximum Gasteiger partial charge on any atom is 0.237 e. The molecule has 1 atom stereocenters. The molecule has 4 aromatic rings. The maximum atomic E-state index is 14.0. The first-order chi connectivity index (χ1) is 23.6. The third-order valence-corrected chi connectivity index (χ3v) is 11.7. The van der Waals surface area contributed by atoms with E-state index in [0.717, 1.165) is 68.5 Å². The second kappa shape index (κ2) is 10.9. The Morgan fingerprint density at radius 2 is 1.86 bits per heavy atom. The highest BCUT2D eigenvalue weighted by Crippen LogP contribution is 2.76. The number of anilines is 1. The largest absolute Gasteiger partial charge is 0.475 e. The Labute approximate surface area is 284 Å². The molecule has 3 saturated carbocycles. The highest BCUT2D eigenvalue weighted by Gasteiger charge is 2.71. The van der Waals surface area contributed by atoms with Crippen molar-refractivity contribution in [3.05, 3.63) is 54.3 Å². The van der Waals surface area contributed by atoms with Crippen molar-refractivity contribution >= 4 is 28.7 Å². The number of fused-ring (bicyclic) bond motifs is 1. The lowest BCUT2D eigenvalue weighted by atomic mass is 9.32. The van der Waals surface area contributed by atoms with E-state index in [4.69, 9.17) is 9.72 Å². The van der Waals surface area contributed by atoms with Crippen LogP contribution in [-0.2, 0) is 22.1 Å². The summed E-state index contributed by atoms with van der Waals surface area (Å²) in [6, 6.07) is 7.57. The summed E-state index contributed by atoms with van der Waals surface area (Å²) >= 11 is 0. The molecule has 2 saturated heterocycles. The van der Waals surface area contributed by atoms with Gasteiger partial charge in [-0.25, -0.2) is 15.0 Å². The Morgan fingerprint density at radius 3 is 2.57 bits per heavy atom. The lowest BCUT2D eigenvalue weighted by Gasteiger charge is -2.71. The van der Waals surface area contributed by atoms with E-state index in [0.29, 0.717) is 54.5 Å². The van der Waals surface area contributed by atoms with Crippen LogP contribution >= 0.6 is 0 Å². The fourth-order valence-electron chi connectivity index (χ4n) is 9.20. The summed E-state index contributed by atoms with van der Waals surface area (Å²) in [5.41, 5.74) is 4.50. The molecule has 0 radical (unpaired) electrons. The average Bonchev–Trinajstić information content (AvgIpc) is 3.84. The molecule has 0 unspecified atom stereocenters. The van der Waals surface area contributed by atoms with Crippen molar-refractivity contribution < 1.29 is 14.3 Å². The second-order valence-corrected chi connectivity index (χ2v) is 15.3. The molecule has 2 bridgehead atoms. The number of aromatic amines is 1. The molecule has 4 aromatic heterocycles. The third-order valence-electron chi connectivity index (χ3n) is 11.7. The molecule has 3 aliphatic carbocycles. The molecule has 2 amide bonds. The van der Waals surface area contributed by atoms with Crippen molar-refractivity contribution in [2.45, 2.75) is 63.9 Å². The average molecular weight is 663 g/mol. The van der Waals surface area contributed by atoms with Gasteiger partial charge in [0, 0.05) is 56.5 Å². The number of hydrogen-bond donors (Lipinski definition) is 1. The number of aromatic nitrogens is 7. The van der Waals surface area contributed by atoms with Crippen molar-refractivity contribution in [1.82, 2.24) is 44.7 Å². The monoisotopic (exact) mass is 662 g/mol. The summed E-state index contributed by atoms with van der Waals surface area (Å²) < 4.78 is 7.48. The predicted molar refractivity (Wildman–Crippen MR) is 182 cm³/mol. The topological polar surface area (TPSA) is 138 Å². The van der Waals surface area contributed by atoms with Gasteiger partial charge in [0.15, 0.2) is 5.82 Å². The summed E-state index contributed by atoms with van der Waals surface area (Å²) in [7, 11) is 1.93. The van der Waals surface area contributed by atoms with E-state index in [-0.39, 0.29) is 23.3 Å². The van der Waals surface area contributed by atoms with Crippen LogP contribution in [0.2, 0.25) is 0 Å². The van der Waals surface area contributed by atoms with E-state index in [9.17, 15) is 9.59 Å². The molecule has 49 heavy (non-hydrogen) atoms. The zero-order valence-electron chi connectivity index (χ0n) is 28.4. The minimum Gasteiger partial charge on any atom is -0.475 e. The molecule has 0 aromatic carbocycles. The van der Waals surface area contributed by atoms with Gasteiger partial charge in [-0.05, 0) is 82.5 Å². The van der Waals surface area contributed by atoms with Gasteiger partial charge >= 0.3 is 0 Å². The number of pyridine rings is 2. The summed E-state index contributed by atoms with van der Waals surface area (Å²) in [6.45, 7) is 7.68. The number of carbonyl (C=O) groups excluding carboxylic acids is 2. The van der Waals surface area contributed by atoms with E-state index in [1.165, 1.54) is 5.57 Å². The van der Waals surface area contributed by atoms with Crippen LogP contribution in [0.25, 0.3) is 22.3 Å². The van der Waals surface area contributed by atoms with Crippen molar-refractivity contribution in [2.24, 2.45) is 17.9 Å². The molecular formula is C36H42N10O3. The fourth-order valence-corrected chi connectivity index (χ4v) is 9.20. The first kappa shape index (κ1) is 30.4. The summed E-state index contributed by atoms with van der Waals surface area (Å²) in [4.78, 5) is 47.3. The second-order valence-electron chi connectivity index (χ2n) is 15.3. The van der Waals surface area contributed by atoms with Crippen LogP contribution in [0.3, 0.4) is 0 Å². The van der Waals surface area contributed by atoms with Crippen molar-refractivity contribution in [3.8, 4) is 17.1 Å². The summed E-state index contributed by atoms with van der Waals surface area (Å²) in [5.74, 6) is 2.43. The van der Waals surface area contributed by atoms with E-state index in [1.807, 2.05) is 55.0 Å². The highest BCUT2D eigenvalue weighted by atomic mass is 16.5. The molecule has 13 heteroatoms. The number of aryl methyl sites for hydroxylation is 1. The molecule has 1 N–H and O–H groups in total. The quantitative estimate of drug-likeness (QED) is 0.280. The Morgan fingerprint density at radius 1 is 1.02 bits per heavy atom. The van der Waals surface area contributed by atoms with Gasteiger partial charge in [-0.1, -0.05) is 11.6 Å². The SMILES string of the molecule is CC(C)Oc1ccc(-c2n[nH]c3ccc(N4CC[C@]5(CCN(CC(=O)N6CC=C(C78CC(c9ncn(C)n9)(C7)C8)CC6)C5)C4=O)nc23)cn1. The fraction of sp³-hybridized carbons (Fsp3) is 0.528. The summed E-state index contributed by atoms with van der Waals surface area (Å²) in [6.07, 6.45) is 11.7. The molecule has 6 aliphatic rings.